The average molecular weight is 359 g/mol. The molecule has 0 radical (unpaired) electrons. The van der Waals surface area contributed by atoms with Crippen LogP contribution in [0, 0.1) is 35.5 Å². The van der Waals surface area contributed by atoms with Crippen molar-refractivity contribution >= 4 is 11.8 Å². The summed E-state index contributed by atoms with van der Waals surface area (Å²) in [5.41, 5.74) is 0. The molecule has 2 unspecified atom stereocenters. The van der Waals surface area contributed by atoms with Gasteiger partial charge in [0.2, 0.25) is 11.8 Å². The molecule has 1 aliphatic heterocycles. The van der Waals surface area contributed by atoms with E-state index in [0.717, 1.165) is 50.9 Å². The summed E-state index contributed by atoms with van der Waals surface area (Å²) in [7, 11) is 0. The van der Waals surface area contributed by atoms with Gasteiger partial charge in [-0.25, -0.2) is 0 Å². The molecule has 26 heavy (non-hydrogen) atoms. The fourth-order valence-electron chi connectivity index (χ4n) is 6.98. The van der Waals surface area contributed by atoms with Crippen molar-refractivity contribution < 1.29 is 9.59 Å². The Bertz CT molecular complexity index is 502. The topological polar surface area (TPSA) is 40.6 Å². The summed E-state index contributed by atoms with van der Waals surface area (Å²) >= 11 is 0. The van der Waals surface area contributed by atoms with Gasteiger partial charge < -0.3 is 9.80 Å². The molecule has 0 spiro atoms. The van der Waals surface area contributed by atoms with Crippen LogP contribution < -0.4 is 0 Å². The summed E-state index contributed by atoms with van der Waals surface area (Å²) in [6.45, 7) is 3.05. The van der Waals surface area contributed by atoms with Gasteiger partial charge in [0.1, 0.15) is 0 Å². The summed E-state index contributed by atoms with van der Waals surface area (Å²) in [6, 6.07) is 0. The summed E-state index contributed by atoms with van der Waals surface area (Å²) in [6.07, 6.45) is 12.7. The second kappa shape index (κ2) is 6.83. The molecule has 0 N–H and O–H groups in total. The van der Waals surface area contributed by atoms with Crippen LogP contribution in [0.15, 0.2) is 0 Å². The van der Waals surface area contributed by atoms with E-state index in [9.17, 15) is 9.59 Å². The Balaban J connectivity index is 1.16. The maximum Gasteiger partial charge on any atom is 0.226 e. The molecule has 0 aromatic heterocycles. The summed E-state index contributed by atoms with van der Waals surface area (Å²) in [5.74, 6) is 4.29. The van der Waals surface area contributed by atoms with Crippen molar-refractivity contribution in [1.82, 2.24) is 9.80 Å². The maximum atomic E-state index is 13.0. The van der Waals surface area contributed by atoms with E-state index in [1.807, 2.05) is 0 Å². The Morgan fingerprint density at radius 3 is 1.15 bits per heavy atom. The Morgan fingerprint density at radius 1 is 0.538 bits per heavy atom. The second-order valence-corrected chi connectivity index (χ2v) is 9.90. The van der Waals surface area contributed by atoms with Gasteiger partial charge in [-0.05, 0) is 62.2 Å². The smallest absolute Gasteiger partial charge is 0.226 e. The second-order valence-electron chi connectivity index (χ2n) is 9.90. The molecule has 7 rings (SSSR count). The molecular formula is C22H34N2O2. The minimum atomic E-state index is 0.291. The van der Waals surface area contributed by atoms with Crippen LogP contribution in [0.2, 0.25) is 0 Å². The third kappa shape index (κ3) is 2.97. The van der Waals surface area contributed by atoms with Crippen LogP contribution in [0.4, 0.5) is 0 Å². The van der Waals surface area contributed by atoms with Gasteiger partial charge in [0.25, 0.3) is 0 Å². The van der Waals surface area contributed by atoms with Gasteiger partial charge in [-0.15, -0.1) is 0 Å². The first-order valence-electron chi connectivity index (χ1n) is 11.3. The third-order valence-electron chi connectivity index (χ3n) is 8.63. The predicted octanol–water partition coefficient (Wildman–Crippen LogP) is 3.31. The lowest BCUT2D eigenvalue weighted by Gasteiger charge is -2.46. The molecule has 2 amide bonds. The molecule has 6 saturated carbocycles. The summed E-state index contributed by atoms with van der Waals surface area (Å²) in [4.78, 5) is 30.3. The van der Waals surface area contributed by atoms with Gasteiger partial charge in [0.15, 0.2) is 0 Å². The molecule has 0 aromatic rings. The van der Waals surface area contributed by atoms with Crippen LogP contribution in [0.5, 0.6) is 0 Å². The van der Waals surface area contributed by atoms with Gasteiger partial charge in [-0.3, -0.25) is 9.59 Å². The SMILES string of the molecule is O=C(C1CC2CCC1CC2)N1CCN(C(=O)C2CC3CCC2CC3)CC1. The zero-order chi connectivity index (χ0) is 17.7. The quantitative estimate of drug-likeness (QED) is 0.760. The molecule has 1 heterocycles. The fraction of sp³-hybridized carbons (Fsp3) is 0.909. The van der Waals surface area contributed by atoms with E-state index >= 15 is 0 Å². The van der Waals surface area contributed by atoms with E-state index < -0.39 is 0 Å². The first-order chi connectivity index (χ1) is 12.7. The van der Waals surface area contributed by atoms with Crippen LogP contribution in [0.1, 0.15) is 64.2 Å². The highest BCUT2D eigenvalue weighted by atomic mass is 16.2. The van der Waals surface area contributed by atoms with Gasteiger partial charge in [-0.1, -0.05) is 25.7 Å². The Morgan fingerprint density at radius 2 is 0.885 bits per heavy atom. The average Bonchev–Trinajstić information content (AvgIpc) is 2.74. The highest BCUT2D eigenvalue weighted by Gasteiger charge is 2.43. The van der Waals surface area contributed by atoms with E-state index in [-0.39, 0.29) is 0 Å². The van der Waals surface area contributed by atoms with Crippen LogP contribution in [-0.4, -0.2) is 47.8 Å². The number of hydrogen-bond acceptors (Lipinski definition) is 2. The number of carbonyl (C=O) groups excluding carboxylic acids is 2. The lowest BCUT2D eigenvalue weighted by Crippen LogP contribution is -2.55. The molecule has 144 valence electrons. The highest BCUT2D eigenvalue weighted by Crippen LogP contribution is 2.47. The van der Waals surface area contributed by atoms with E-state index in [1.54, 1.807) is 0 Å². The fourth-order valence-corrected chi connectivity index (χ4v) is 6.98. The predicted molar refractivity (Wildman–Crippen MR) is 100 cm³/mol. The van der Waals surface area contributed by atoms with Crippen molar-refractivity contribution in [3.8, 4) is 0 Å². The van der Waals surface area contributed by atoms with E-state index in [2.05, 4.69) is 9.80 Å². The number of piperazine rings is 1. The Hall–Kier alpha value is -1.06. The normalized spacial score (nSPS) is 42.2. The van der Waals surface area contributed by atoms with Crippen molar-refractivity contribution in [3.63, 3.8) is 0 Å². The lowest BCUT2D eigenvalue weighted by atomic mass is 9.64. The molecule has 2 atom stereocenters. The van der Waals surface area contributed by atoms with E-state index in [4.69, 9.17) is 0 Å². The molecule has 7 aliphatic rings. The third-order valence-corrected chi connectivity index (χ3v) is 8.63. The van der Waals surface area contributed by atoms with E-state index in [0.29, 0.717) is 35.5 Å². The van der Waals surface area contributed by atoms with Crippen molar-refractivity contribution in [2.24, 2.45) is 35.5 Å². The molecule has 4 bridgehead atoms. The molecule has 6 aliphatic carbocycles. The highest BCUT2D eigenvalue weighted by molar-refractivity contribution is 5.81. The summed E-state index contributed by atoms with van der Waals surface area (Å²) < 4.78 is 0. The molecule has 0 aromatic carbocycles. The molecular weight excluding hydrogens is 324 g/mol. The van der Waals surface area contributed by atoms with Gasteiger partial charge >= 0.3 is 0 Å². The van der Waals surface area contributed by atoms with Crippen molar-refractivity contribution in [3.05, 3.63) is 0 Å². The van der Waals surface area contributed by atoms with Crippen molar-refractivity contribution in [1.29, 1.82) is 0 Å². The molecule has 1 saturated heterocycles. The number of fused-ring (bicyclic) bond motifs is 6. The number of amides is 2. The van der Waals surface area contributed by atoms with Crippen LogP contribution in [0.3, 0.4) is 0 Å². The van der Waals surface area contributed by atoms with Crippen molar-refractivity contribution in [2.75, 3.05) is 26.2 Å². The molecule has 4 heteroatoms. The largest absolute Gasteiger partial charge is 0.339 e. The zero-order valence-electron chi connectivity index (χ0n) is 16.1. The minimum absolute atomic E-state index is 0.291. The Labute approximate surface area is 157 Å². The minimum Gasteiger partial charge on any atom is -0.339 e. The first kappa shape index (κ1) is 17.1. The zero-order valence-corrected chi connectivity index (χ0v) is 16.1. The number of hydrogen-bond donors (Lipinski definition) is 0. The van der Waals surface area contributed by atoms with Crippen LogP contribution >= 0.6 is 0 Å². The summed E-state index contributed by atoms with van der Waals surface area (Å²) in [5, 5.41) is 0. The van der Waals surface area contributed by atoms with Crippen molar-refractivity contribution in [2.45, 2.75) is 64.2 Å². The molecule has 4 nitrogen and oxygen atoms in total. The monoisotopic (exact) mass is 358 g/mol. The lowest BCUT2D eigenvalue weighted by molar-refractivity contribution is -0.149. The number of carbonyl (C=O) groups is 2. The van der Waals surface area contributed by atoms with Crippen LogP contribution in [-0.2, 0) is 9.59 Å². The number of rotatable bonds is 2. The standard InChI is InChI=1S/C22H34N2O2/c25-21(19-13-15-1-5-17(19)6-2-15)23-9-11-24(12-10-23)22(26)20-14-16-3-7-18(20)8-4-16/h15-20H,1-14H2. The molecule has 7 fully saturated rings. The van der Waals surface area contributed by atoms with Gasteiger partial charge in [0.05, 0.1) is 0 Å². The van der Waals surface area contributed by atoms with Gasteiger partial charge in [0, 0.05) is 38.0 Å². The number of nitrogens with zero attached hydrogens (tertiary/aromatic N) is 2. The van der Waals surface area contributed by atoms with Crippen LogP contribution in [0.25, 0.3) is 0 Å². The van der Waals surface area contributed by atoms with E-state index in [1.165, 1.54) is 51.4 Å². The Kier molecular flexibility index (Phi) is 4.48. The maximum absolute atomic E-state index is 13.0. The first-order valence-corrected chi connectivity index (χ1v) is 11.3. The van der Waals surface area contributed by atoms with Gasteiger partial charge in [-0.2, -0.15) is 0 Å².